The number of hydrogen-bond acceptors (Lipinski definition) is 4. The van der Waals surface area contributed by atoms with E-state index in [1.165, 1.54) is 11.3 Å². The number of nitrogens with zero attached hydrogens (tertiary/aromatic N) is 1. The molecule has 3 rings (SSSR count). The first-order valence-corrected chi connectivity index (χ1v) is 7.58. The van der Waals surface area contributed by atoms with Crippen molar-refractivity contribution in [2.24, 2.45) is 0 Å². The number of carboxylic acid groups (broad SMARTS) is 1. The van der Waals surface area contributed by atoms with Gasteiger partial charge in [-0.05, 0) is 37.5 Å². The molecule has 5 heteroatoms. The second-order valence-electron chi connectivity index (χ2n) is 5.45. The zero-order valence-corrected chi connectivity index (χ0v) is 12.7. The summed E-state index contributed by atoms with van der Waals surface area (Å²) in [6.07, 6.45) is 1.98. The van der Waals surface area contributed by atoms with Gasteiger partial charge in [0.1, 0.15) is 5.01 Å². The van der Waals surface area contributed by atoms with Gasteiger partial charge >= 0.3 is 5.97 Å². The molecule has 1 saturated carbocycles. The highest BCUT2D eigenvalue weighted by Crippen LogP contribution is 2.54. The Balaban J connectivity index is 1.99. The van der Waals surface area contributed by atoms with E-state index in [4.69, 9.17) is 5.11 Å². The molecule has 21 heavy (non-hydrogen) atoms. The minimum Gasteiger partial charge on any atom is -0.478 e. The van der Waals surface area contributed by atoms with Crippen molar-refractivity contribution in [3.63, 3.8) is 0 Å². The van der Waals surface area contributed by atoms with Crippen molar-refractivity contribution >= 4 is 23.1 Å². The molecule has 0 spiro atoms. The highest BCUT2D eigenvalue weighted by molar-refractivity contribution is 7.14. The number of thiazole rings is 1. The van der Waals surface area contributed by atoms with E-state index in [-0.39, 0.29) is 16.8 Å². The standard InChI is InChI=1S/C16H15NO3S/c1-9-13(10(2)18)21-15(17-9)16(7-8-16)12-5-3-11(4-6-12)14(19)20/h3-6H,7-8H2,1-2H3,(H,19,20). The number of benzene rings is 1. The maximum Gasteiger partial charge on any atom is 0.335 e. The second kappa shape index (κ2) is 4.77. The van der Waals surface area contributed by atoms with E-state index in [1.54, 1.807) is 19.1 Å². The van der Waals surface area contributed by atoms with Crippen molar-refractivity contribution in [1.82, 2.24) is 4.98 Å². The van der Waals surface area contributed by atoms with E-state index < -0.39 is 5.97 Å². The minimum absolute atomic E-state index is 0.0493. The van der Waals surface area contributed by atoms with Crippen LogP contribution in [0.3, 0.4) is 0 Å². The number of aromatic carboxylic acids is 1. The van der Waals surface area contributed by atoms with E-state index in [1.807, 2.05) is 19.1 Å². The summed E-state index contributed by atoms with van der Waals surface area (Å²) in [5, 5.41) is 9.93. The Labute approximate surface area is 126 Å². The summed E-state index contributed by atoms with van der Waals surface area (Å²) < 4.78 is 0. The van der Waals surface area contributed by atoms with Gasteiger partial charge in [0.25, 0.3) is 0 Å². The van der Waals surface area contributed by atoms with Crippen LogP contribution in [0.4, 0.5) is 0 Å². The lowest BCUT2D eigenvalue weighted by molar-refractivity contribution is 0.0696. The molecular weight excluding hydrogens is 286 g/mol. The first-order chi connectivity index (χ1) is 9.94. The van der Waals surface area contributed by atoms with E-state index in [0.717, 1.165) is 34.0 Å². The van der Waals surface area contributed by atoms with E-state index in [9.17, 15) is 9.59 Å². The molecule has 0 amide bonds. The summed E-state index contributed by atoms with van der Waals surface area (Å²) in [7, 11) is 0. The summed E-state index contributed by atoms with van der Waals surface area (Å²) in [6, 6.07) is 6.98. The third kappa shape index (κ3) is 2.27. The molecule has 0 aliphatic heterocycles. The quantitative estimate of drug-likeness (QED) is 0.878. The van der Waals surface area contributed by atoms with Gasteiger partial charge in [0.2, 0.25) is 0 Å². The number of carboxylic acids is 1. The third-order valence-corrected chi connectivity index (χ3v) is 5.42. The maximum atomic E-state index is 11.6. The van der Waals surface area contributed by atoms with Crippen molar-refractivity contribution in [3.8, 4) is 0 Å². The van der Waals surface area contributed by atoms with Crippen molar-refractivity contribution < 1.29 is 14.7 Å². The average Bonchev–Trinajstić information content (AvgIpc) is 3.16. The summed E-state index contributed by atoms with van der Waals surface area (Å²) in [5.41, 5.74) is 2.03. The van der Waals surface area contributed by atoms with Gasteiger partial charge in [-0.1, -0.05) is 12.1 Å². The summed E-state index contributed by atoms with van der Waals surface area (Å²) in [4.78, 5) is 27.8. The predicted octanol–water partition coefficient (Wildman–Crippen LogP) is 3.43. The molecule has 0 bridgehead atoms. The van der Waals surface area contributed by atoms with Crippen LogP contribution < -0.4 is 0 Å². The van der Waals surface area contributed by atoms with Gasteiger partial charge in [-0.15, -0.1) is 11.3 Å². The lowest BCUT2D eigenvalue weighted by Crippen LogP contribution is -2.08. The van der Waals surface area contributed by atoms with Crippen molar-refractivity contribution in [3.05, 3.63) is 51.0 Å². The molecule has 1 fully saturated rings. The summed E-state index contributed by atoms with van der Waals surface area (Å²) in [6.45, 7) is 3.42. The zero-order valence-electron chi connectivity index (χ0n) is 11.8. The van der Waals surface area contributed by atoms with Crippen LogP contribution in [0.2, 0.25) is 0 Å². The van der Waals surface area contributed by atoms with E-state index in [2.05, 4.69) is 4.98 Å². The van der Waals surface area contributed by atoms with Gasteiger partial charge in [-0.25, -0.2) is 9.78 Å². The summed E-state index contributed by atoms with van der Waals surface area (Å²) >= 11 is 1.47. The van der Waals surface area contributed by atoms with Crippen LogP contribution in [0.15, 0.2) is 24.3 Å². The normalized spacial score (nSPS) is 15.7. The molecule has 1 N–H and O–H groups in total. The minimum atomic E-state index is -0.921. The van der Waals surface area contributed by atoms with Crippen LogP contribution in [0.1, 0.15) is 56.1 Å². The van der Waals surface area contributed by atoms with Gasteiger partial charge < -0.3 is 5.11 Å². The molecule has 0 radical (unpaired) electrons. The van der Waals surface area contributed by atoms with Gasteiger partial charge in [0.15, 0.2) is 5.78 Å². The Morgan fingerprint density at radius 3 is 2.29 bits per heavy atom. The average molecular weight is 301 g/mol. The van der Waals surface area contributed by atoms with Crippen LogP contribution in [-0.4, -0.2) is 21.8 Å². The Kier molecular flexibility index (Phi) is 3.17. The van der Waals surface area contributed by atoms with Crippen LogP contribution in [0.25, 0.3) is 0 Å². The predicted molar refractivity (Wildman–Crippen MR) is 80.3 cm³/mol. The number of ketones is 1. The van der Waals surface area contributed by atoms with E-state index >= 15 is 0 Å². The lowest BCUT2D eigenvalue weighted by atomic mass is 9.95. The van der Waals surface area contributed by atoms with Gasteiger partial charge in [0.05, 0.1) is 16.1 Å². The smallest absolute Gasteiger partial charge is 0.335 e. The molecule has 1 aromatic heterocycles. The van der Waals surface area contributed by atoms with Gasteiger partial charge in [-0.3, -0.25) is 4.79 Å². The number of Topliss-reactive ketones (excluding diaryl/α,β-unsaturated/α-hetero) is 1. The lowest BCUT2D eigenvalue weighted by Gasteiger charge is -2.12. The van der Waals surface area contributed by atoms with Gasteiger partial charge in [0, 0.05) is 12.3 Å². The first kappa shape index (κ1) is 13.9. The van der Waals surface area contributed by atoms with Gasteiger partial charge in [-0.2, -0.15) is 0 Å². The molecule has 1 aromatic carbocycles. The van der Waals surface area contributed by atoms with Crippen LogP contribution in [0.5, 0.6) is 0 Å². The first-order valence-electron chi connectivity index (χ1n) is 6.77. The van der Waals surface area contributed by atoms with E-state index in [0.29, 0.717) is 0 Å². The highest BCUT2D eigenvalue weighted by atomic mass is 32.1. The molecule has 1 aliphatic rings. The van der Waals surface area contributed by atoms with Crippen LogP contribution in [-0.2, 0) is 5.41 Å². The Hall–Kier alpha value is -2.01. The number of carbonyl (C=O) groups excluding carboxylic acids is 1. The monoisotopic (exact) mass is 301 g/mol. The highest BCUT2D eigenvalue weighted by Gasteiger charge is 2.48. The molecule has 0 unspecified atom stereocenters. The summed E-state index contributed by atoms with van der Waals surface area (Å²) in [5.74, 6) is -0.872. The Morgan fingerprint density at radius 2 is 1.86 bits per heavy atom. The van der Waals surface area contributed by atoms with Crippen molar-refractivity contribution in [2.45, 2.75) is 32.1 Å². The van der Waals surface area contributed by atoms with Crippen molar-refractivity contribution in [2.75, 3.05) is 0 Å². The topological polar surface area (TPSA) is 67.3 Å². The molecule has 1 aliphatic carbocycles. The second-order valence-corrected chi connectivity index (χ2v) is 6.45. The number of hydrogen-bond donors (Lipinski definition) is 1. The number of carbonyl (C=O) groups is 2. The third-order valence-electron chi connectivity index (χ3n) is 3.96. The Morgan fingerprint density at radius 1 is 1.24 bits per heavy atom. The number of aryl methyl sites for hydroxylation is 1. The fourth-order valence-corrected chi connectivity index (χ4v) is 3.84. The van der Waals surface area contributed by atoms with Crippen molar-refractivity contribution in [1.29, 1.82) is 0 Å². The molecular formula is C16H15NO3S. The molecule has 4 nitrogen and oxygen atoms in total. The Bertz CT molecular complexity index is 726. The molecule has 108 valence electrons. The largest absolute Gasteiger partial charge is 0.478 e. The molecule has 2 aromatic rings. The van der Waals surface area contributed by atoms with Crippen LogP contribution in [0, 0.1) is 6.92 Å². The van der Waals surface area contributed by atoms with Crippen LogP contribution >= 0.6 is 11.3 Å². The molecule has 1 heterocycles. The fraction of sp³-hybridized carbons (Fsp3) is 0.312. The SMILES string of the molecule is CC(=O)c1sc(C2(c3ccc(C(=O)O)cc3)CC2)nc1C. The molecule has 0 atom stereocenters. The molecule has 0 saturated heterocycles. The fourth-order valence-electron chi connectivity index (χ4n) is 2.61. The maximum absolute atomic E-state index is 11.6. The zero-order chi connectivity index (χ0) is 15.2. The number of aromatic nitrogens is 1. The number of rotatable bonds is 4.